The molecule has 4 nitrogen and oxygen atoms in total. The molecular formula is C13H15NO3. The number of aromatic nitrogens is 1. The molecule has 2 aromatic rings. The zero-order valence-electron chi connectivity index (χ0n) is 9.79. The summed E-state index contributed by atoms with van der Waals surface area (Å²) in [5, 5.41) is 20.3. The largest absolute Gasteiger partial charge is 0.496 e. The number of fused-ring (bicyclic) bond motifs is 1. The third kappa shape index (κ3) is 2.23. The average molecular weight is 233 g/mol. The van der Waals surface area contributed by atoms with Crippen LogP contribution >= 0.6 is 0 Å². The van der Waals surface area contributed by atoms with E-state index >= 15 is 0 Å². The van der Waals surface area contributed by atoms with E-state index in [4.69, 9.17) is 4.74 Å². The van der Waals surface area contributed by atoms with E-state index in [2.05, 4.69) is 4.98 Å². The summed E-state index contributed by atoms with van der Waals surface area (Å²) in [5.41, 5.74) is 1.32. The van der Waals surface area contributed by atoms with Gasteiger partial charge in [0, 0.05) is 17.1 Å². The zero-order chi connectivity index (χ0) is 12.4. The molecule has 0 radical (unpaired) electrons. The molecule has 2 rings (SSSR count). The quantitative estimate of drug-likeness (QED) is 0.846. The highest BCUT2D eigenvalue weighted by Gasteiger charge is 2.19. The second-order valence-corrected chi connectivity index (χ2v) is 3.98. The normalized spacial score (nSPS) is 14.6. The molecule has 0 bridgehead atoms. The van der Waals surface area contributed by atoms with E-state index in [1.165, 1.54) is 14.0 Å². The van der Waals surface area contributed by atoms with Crippen molar-refractivity contribution in [3.8, 4) is 5.75 Å². The fourth-order valence-corrected chi connectivity index (χ4v) is 1.78. The first kappa shape index (κ1) is 11.8. The van der Waals surface area contributed by atoms with E-state index in [-0.39, 0.29) is 0 Å². The number of pyridine rings is 1. The van der Waals surface area contributed by atoms with Crippen LogP contribution in [0.25, 0.3) is 10.9 Å². The fourth-order valence-electron chi connectivity index (χ4n) is 1.78. The molecule has 1 aromatic carbocycles. The van der Waals surface area contributed by atoms with Gasteiger partial charge in [0.2, 0.25) is 0 Å². The van der Waals surface area contributed by atoms with Crippen LogP contribution in [0.2, 0.25) is 0 Å². The maximum absolute atomic E-state index is 9.91. The predicted octanol–water partition coefficient (Wildman–Crippen LogP) is 1.66. The van der Waals surface area contributed by atoms with Gasteiger partial charge < -0.3 is 14.9 Å². The summed E-state index contributed by atoms with van der Waals surface area (Å²) in [6.07, 6.45) is -0.144. The van der Waals surface area contributed by atoms with Gasteiger partial charge in [-0.15, -0.1) is 0 Å². The van der Waals surface area contributed by atoms with Gasteiger partial charge in [-0.2, -0.15) is 0 Å². The van der Waals surface area contributed by atoms with Gasteiger partial charge in [-0.05, 0) is 25.1 Å². The molecule has 0 fully saturated rings. The standard InChI is InChI=1S/C13H15NO3/c1-8(15)13(16)10-7-11-9(4-3-5-14-11)6-12(10)17-2/h3-8,13,15-16H,1-2H3/t8-,13+/m0/s1. The molecule has 1 heterocycles. The molecule has 0 aliphatic heterocycles. The Kier molecular flexibility index (Phi) is 3.26. The maximum Gasteiger partial charge on any atom is 0.125 e. The van der Waals surface area contributed by atoms with Gasteiger partial charge >= 0.3 is 0 Å². The van der Waals surface area contributed by atoms with Crippen LogP contribution in [-0.4, -0.2) is 28.4 Å². The number of ether oxygens (including phenoxy) is 1. The van der Waals surface area contributed by atoms with E-state index in [1.54, 1.807) is 12.3 Å². The van der Waals surface area contributed by atoms with Gasteiger partial charge in [0.25, 0.3) is 0 Å². The Bertz CT molecular complexity index is 525. The highest BCUT2D eigenvalue weighted by atomic mass is 16.5. The minimum atomic E-state index is -0.976. The summed E-state index contributed by atoms with van der Waals surface area (Å²) in [6, 6.07) is 7.31. The summed E-state index contributed by atoms with van der Waals surface area (Å²) in [7, 11) is 1.54. The van der Waals surface area contributed by atoms with Crippen LogP contribution in [-0.2, 0) is 0 Å². The number of rotatable bonds is 3. The van der Waals surface area contributed by atoms with Crippen LogP contribution in [0.3, 0.4) is 0 Å². The van der Waals surface area contributed by atoms with Crippen molar-refractivity contribution in [1.82, 2.24) is 4.98 Å². The van der Waals surface area contributed by atoms with Crippen LogP contribution in [0.5, 0.6) is 5.75 Å². The molecule has 0 aliphatic carbocycles. The first-order chi connectivity index (χ1) is 8.13. The van der Waals surface area contributed by atoms with Crippen molar-refractivity contribution >= 4 is 10.9 Å². The van der Waals surface area contributed by atoms with Crippen LogP contribution in [0.15, 0.2) is 30.5 Å². The highest BCUT2D eigenvalue weighted by Crippen LogP contribution is 2.31. The first-order valence-electron chi connectivity index (χ1n) is 5.42. The van der Waals surface area contributed by atoms with E-state index in [0.717, 1.165) is 10.9 Å². The van der Waals surface area contributed by atoms with Gasteiger partial charge in [0.15, 0.2) is 0 Å². The summed E-state index contributed by atoms with van der Waals surface area (Å²) in [5.74, 6) is 0.555. The van der Waals surface area contributed by atoms with E-state index in [0.29, 0.717) is 11.3 Å². The topological polar surface area (TPSA) is 62.6 Å². The molecule has 0 amide bonds. The van der Waals surface area contributed by atoms with Crippen molar-refractivity contribution in [2.24, 2.45) is 0 Å². The molecule has 0 aliphatic rings. The molecule has 90 valence electrons. The monoisotopic (exact) mass is 233 g/mol. The Labute approximate surface area is 99.5 Å². The second kappa shape index (κ2) is 4.69. The molecule has 1 aromatic heterocycles. The molecular weight excluding hydrogens is 218 g/mol. The van der Waals surface area contributed by atoms with Crippen molar-refractivity contribution in [2.45, 2.75) is 19.1 Å². The third-order valence-corrected chi connectivity index (χ3v) is 2.73. The van der Waals surface area contributed by atoms with Crippen LogP contribution in [0.1, 0.15) is 18.6 Å². The summed E-state index contributed by atoms with van der Waals surface area (Å²) in [6.45, 7) is 1.53. The maximum atomic E-state index is 9.91. The predicted molar refractivity (Wildman–Crippen MR) is 64.9 cm³/mol. The number of methoxy groups -OCH3 is 1. The summed E-state index contributed by atoms with van der Waals surface area (Å²) < 4.78 is 5.23. The summed E-state index contributed by atoms with van der Waals surface area (Å²) >= 11 is 0. The third-order valence-electron chi connectivity index (χ3n) is 2.73. The second-order valence-electron chi connectivity index (χ2n) is 3.98. The lowest BCUT2D eigenvalue weighted by atomic mass is 10.0. The van der Waals surface area contributed by atoms with Gasteiger partial charge in [-0.25, -0.2) is 0 Å². The molecule has 2 atom stereocenters. The Balaban J connectivity index is 2.60. The highest BCUT2D eigenvalue weighted by molar-refractivity contribution is 5.81. The number of aliphatic hydroxyl groups excluding tert-OH is 2. The zero-order valence-corrected chi connectivity index (χ0v) is 9.79. The van der Waals surface area contributed by atoms with Crippen molar-refractivity contribution in [1.29, 1.82) is 0 Å². The summed E-state index contributed by atoms with van der Waals surface area (Å²) in [4.78, 5) is 4.21. The van der Waals surface area contributed by atoms with Crippen molar-refractivity contribution in [2.75, 3.05) is 7.11 Å². The minimum Gasteiger partial charge on any atom is -0.496 e. The van der Waals surface area contributed by atoms with E-state index in [9.17, 15) is 10.2 Å². The van der Waals surface area contributed by atoms with Crippen molar-refractivity contribution in [3.63, 3.8) is 0 Å². The lowest BCUT2D eigenvalue weighted by molar-refractivity contribution is 0.0291. The van der Waals surface area contributed by atoms with E-state index < -0.39 is 12.2 Å². The molecule has 2 N–H and O–H groups in total. The lowest BCUT2D eigenvalue weighted by Crippen LogP contribution is -2.14. The Morgan fingerprint density at radius 3 is 2.71 bits per heavy atom. The van der Waals surface area contributed by atoms with Gasteiger partial charge in [-0.3, -0.25) is 4.98 Å². The Hall–Kier alpha value is -1.65. The number of aliphatic hydroxyl groups is 2. The van der Waals surface area contributed by atoms with Crippen molar-refractivity contribution < 1.29 is 14.9 Å². The fraction of sp³-hybridized carbons (Fsp3) is 0.308. The molecule has 4 heteroatoms. The van der Waals surface area contributed by atoms with Gasteiger partial charge in [-0.1, -0.05) is 6.07 Å². The lowest BCUT2D eigenvalue weighted by Gasteiger charge is -2.17. The average Bonchev–Trinajstić information content (AvgIpc) is 2.36. The Morgan fingerprint density at radius 1 is 1.29 bits per heavy atom. The van der Waals surface area contributed by atoms with Crippen LogP contribution in [0, 0.1) is 0 Å². The van der Waals surface area contributed by atoms with Gasteiger partial charge in [0.05, 0.1) is 18.7 Å². The van der Waals surface area contributed by atoms with Crippen LogP contribution in [0.4, 0.5) is 0 Å². The SMILES string of the molecule is COc1cc2cccnc2cc1[C@H](O)[C@H](C)O. The number of nitrogens with zero attached hydrogens (tertiary/aromatic N) is 1. The molecule has 0 spiro atoms. The van der Waals surface area contributed by atoms with Gasteiger partial charge in [0.1, 0.15) is 11.9 Å². The first-order valence-corrected chi connectivity index (χ1v) is 5.42. The molecule has 0 saturated carbocycles. The number of hydrogen-bond acceptors (Lipinski definition) is 4. The minimum absolute atomic E-state index is 0.550. The number of hydrogen-bond donors (Lipinski definition) is 2. The smallest absolute Gasteiger partial charge is 0.125 e. The molecule has 0 saturated heterocycles. The number of benzene rings is 1. The Morgan fingerprint density at radius 2 is 2.06 bits per heavy atom. The van der Waals surface area contributed by atoms with E-state index in [1.807, 2.05) is 18.2 Å². The molecule has 17 heavy (non-hydrogen) atoms. The van der Waals surface area contributed by atoms with Crippen LogP contribution < -0.4 is 4.74 Å². The van der Waals surface area contributed by atoms with Crippen molar-refractivity contribution in [3.05, 3.63) is 36.0 Å². The molecule has 0 unspecified atom stereocenters.